The van der Waals surface area contributed by atoms with Gasteiger partial charge in [0, 0.05) is 33.0 Å². The van der Waals surface area contributed by atoms with Crippen molar-refractivity contribution in [1.82, 2.24) is 0 Å². The zero-order valence-corrected chi connectivity index (χ0v) is 20.5. The van der Waals surface area contributed by atoms with Gasteiger partial charge < -0.3 is 16.4 Å². The van der Waals surface area contributed by atoms with Crippen molar-refractivity contribution in [3.63, 3.8) is 0 Å². The largest absolute Gasteiger partial charge is 0.399 e. The second-order valence-corrected chi connectivity index (χ2v) is 10.3. The number of benzene rings is 3. The van der Waals surface area contributed by atoms with Crippen LogP contribution in [0.3, 0.4) is 0 Å². The smallest absolute Gasteiger partial charge is 0.257 e. The molecule has 0 bridgehead atoms. The van der Waals surface area contributed by atoms with Crippen LogP contribution in [0.1, 0.15) is 21.8 Å². The molecule has 2 amide bonds. The van der Waals surface area contributed by atoms with Crippen LogP contribution in [0.15, 0.2) is 60.7 Å². The van der Waals surface area contributed by atoms with Crippen molar-refractivity contribution < 1.29 is 9.59 Å². The fraction of sp³-hybridized carbons (Fsp3) is 0.130. The first kappa shape index (κ1) is 24.0. The molecule has 3 aromatic rings. The highest BCUT2D eigenvalue weighted by molar-refractivity contribution is 6.53. The molecule has 0 aromatic heterocycles. The van der Waals surface area contributed by atoms with E-state index in [4.69, 9.17) is 63.7 Å². The summed E-state index contributed by atoms with van der Waals surface area (Å²) in [6, 6.07) is 16.2. The van der Waals surface area contributed by atoms with Gasteiger partial charge >= 0.3 is 0 Å². The van der Waals surface area contributed by atoms with Gasteiger partial charge in [0.05, 0.1) is 16.5 Å². The molecule has 5 nitrogen and oxygen atoms in total. The lowest BCUT2D eigenvalue weighted by molar-refractivity contribution is -0.117. The highest BCUT2D eigenvalue weighted by Gasteiger charge is 2.67. The molecule has 3 aromatic carbocycles. The van der Waals surface area contributed by atoms with E-state index in [1.54, 1.807) is 48.5 Å². The van der Waals surface area contributed by atoms with Crippen LogP contribution in [0, 0.1) is 5.92 Å². The van der Waals surface area contributed by atoms with Crippen LogP contribution < -0.4 is 16.4 Å². The van der Waals surface area contributed by atoms with Gasteiger partial charge in [0.15, 0.2) is 0 Å². The maximum absolute atomic E-state index is 12.9. The van der Waals surface area contributed by atoms with Gasteiger partial charge in [-0.3, -0.25) is 9.59 Å². The minimum atomic E-state index is -1.32. The maximum Gasteiger partial charge on any atom is 0.257 e. The second kappa shape index (κ2) is 9.24. The fourth-order valence-electron chi connectivity index (χ4n) is 3.63. The van der Waals surface area contributed by atoms with E-state index in [1.165, 1.54) is 12.1 Å². The molecular weight excluding hydrogens is 528 g/mol. The van der Waals surface area contributed by atoms with Gasteiger partial charge in [0.1, 0.15) is 4.33 Å². The summed E-state index contributed by atoms with van der Waals surface area (Å²) < 4.78 is -1.32. The maximum atomic E-state index is 12.9. The van der Waals surface area contributed by atoms with Crippen LogP contribution in [-0.4, -0.2) is 16.1 Å². The lowest BCUT2D eigenvalue weighted by Gasteiger charge is -2.11. The number of carbonyl (C=O) groups is 2. The molecule has 1 aliphatic carbocycles. The number of alkyl halides is 2. The third-order valence-electron chi connectivity index (χ3n) is 5.20. The molecule has 0 spiro atoms. The van der Waals surface area contributed by atoms with Crippen molar-refractivity contribution in [2.24, 2.45) is 5.92 Å². The summed E-state index contributed by atoms with van der Waals surface area (Å²) >= 11 is 31.2. The Hall–Kier alpha value is -2.15. The summed E-state index contributed by atoms with van der Waals surface area (Å²) in [6.45, 7) is 0. The summed E-state index contributed by atoms with van der Waals surface area (Å²) in [5.41, 5.74) is 7.97. The zero-order valence-electron chi connectivity index (χ0n) is 16.7. The second-order valence-electron chi connectivity index (χ2n) is 7.60. The highest BCUT2D eigenvalue weighted by Crippen LogP contribution is 2.65. The van der Waals surface area contributed by atoms with Crippen molar-refractivity contribution in [3.05, 3.63) is 86.9 Å². The van der Waals surface area contributed by atoms with Crippen LogP contribution in [-0.2, 0) is 4.79 Å². The minimum absolute atomic E-state index is 0.175. The van der Waals surface area contributed by atoms with Gasteiger partial charge in [-0.1, -0.05) is 40.9 Å². The summed E-state index contributed by atoms with van der Waals surface area (Å²) in [7, 11) is 0. The molecule has 4 N–H and O–H groups in total. The number of hydrogen-bond donors (Lipinski definition) is 3. The number of hydrogen-bond acceptors (Lipinski definition) is 3. The van der Waals surface area contributed by atoms with Crippen LogP contribution in [0.25, 0.3) is 0 Å². The quantitative estimate of drug-likeness (QED) is 0.239. The van der Waals surface area contributed by atoms with Gasteiger partial charge in [-0.15, -0.1) is 23.2 Å². The number of nitrogens with two attached hydrogens (primary N) is 1. The fourth-order valence-corrected chi connectivity index (χ4v) is 5.21. The third-order valence-corrected chi connectivity index (χ3v) is 6.91. The summed E-state index contributed by atoms with van der Waals surface area (Å²) in [5, 5.41) is 6.53. The van der Waals surface area contributed by atoms with Crippen molar-refractivity contribution in [1.29, 1.82) is 0 Å². The van der Waals surface area contributed by atoms with E-state index in [9.17, 15) is 9.59 Å². The molecule has 2 atom stereocenters. The number of rotatable bonds is 5. The number of nitrogens with one attached hydrogen (secondary N) is 2. The van der Waals surface area contributed by atoms with Crippen molar-refractivity contribution >= 4 is 86.9 Å². The first-order chi connectivity index (χ1) is 15.6. The minimum Gasteiger partial charge on any atom is -0.399 e. The standard InChI is InChI=1S/C23H16Cl5N3O2/c24-12-6-11(7-13(25)8-12)19-20(23(19,27)28)22(33)31-16-4-5-18(26)17(10-16)21(32)30-15-3-1-2-14(29)9-15/h1-10,19-20H,29H2,(H,30,32)(H,31,33)/t19-,20+/m1/s1. The zero-order chi connectivity index (χ0) is 23.9. The molecule has 0 saturated heterocycles. The molecule has 33 heavy (non-hydrogen) atoms. The number of anilines is 3. The molecular formula is C23H16Cl5N3O2. The monoisotopic (exact) mass is 541 g/mol. The van der Waals surface area contributed by atoms with E-state index in [2.05, 4.69) is 10.6 Å². The van der Waals surface area contributed by atoms with Crippen LogP contribution in [0.5, 0.6) is 0 Å². The summed E-state index contributed by atoms with van der Waals surface area (Å²) in [5.74, 6) is -2.10. The predicted octanol–water partition coefficient (Wildman–Crippen LogP) is 7.01. The topological polar surface area (TPSA) is 84.2 Å². The highest BCUT2D eigenvalue weighted by atomic mass is 35.5. The van der Waals surface area contributed by atoms with Gasteiger partial charge in [0.25, 0.3) is 5.91 Å². The van der Waals surface area contributed by atoms with E-state index in [-0.39, 0.29) is 10.6 Å². The van der Waals surface area contributed by atoms with Crippen molar-refractivity contribution in [2.75, 3.05) is 16.4 Å². The molecule has 10 heteroatoms. The molecule has 1 saturated carbocycles. The van der Waals surface area contributed by atoms with Gasteiger partial charge in [-0.25, -0.2) is 0 Å². The Morgan fingerprint density at radius 3 is 2.18 bits per heavy atom. The van der Waals surface area contributed by atoms with Gasteiger partial charge in [-0.2, -0.15) is 0 Å². The summed E-state index contributed by atoms with van der Waals surface area (Å²) in [4.78, 5) is 25.7. The number of halogens is 5. The first-order valence-corrected chi connectivity index (χ1v) is 11.6. The van der Waals surface area contributed by atoms with E-state index in [0.717, 1.165) is 0 Å². The van der Waals surface area contributed by atoms with Gasteiger partial charge in [-0.05, 0) is 60.2 Å². The number of nitrogen functional groups attached to an aromatic ring is 1. The molecule has 0 heterocycles. The molecule has 0 aliphatic heterocycles. The van der Waals surface area contributed by atoms with E-state index in [0.29, 0.717) is 32.7 Å². The van der Waals surface area contributed by atoms with E-state index >= 15 is 0 Å². The van der Waals surface area contributed by atoms with Crippen molar-refractivity contribution in [3.8, 4) is 0 Å². The lowest BCUT2D eigenvalue weighted by Crippen LogP contribution is -2.18. The summed E-state index contributed by atoms with van der Waals surface area (Å²) in [6.07, 6.45) is 0. The first-order valence-electron chi connectivity index (χ1n) is 9.67. The van der Waals surface area contributed by atoms with Gasteiger partial charge in [0.2, 0.25) is 5.91 Å². The average molecular weight is 544 g/mol. The Morgan fingerprint density at radius 2 is 1.52 bits per heavy atom. The molecule has 170 valence electrons. The Balaban J connectivity index is 1.51. The molecule has 0 unspecified atom stereocenters. The SMILES string of the molecule is Nc1cccc(NC(=O)c2cc(NC(=O)[C@@H]3[C@@H](c4cc(Cl)cc(Cl)c4)C3(Cl)Cl)ccc2Cl)c1. The Kier molecular flexibility index (Phi) is 6.72. The molecule has 1 fully saturated rings. The normalized spacial score (nSPS) is 18.5. The van der Waals surface area contributed by atoms with E-state index < -0.39 is 28.0 Å². The average Bonchev–Trinajstić information content (AvgIpc) is 3.31. The Morgan fingerprint density at radius 1 is 0.848 bits per heavy atom. The third kappa shape index (κ3) is 5.18. The van der Waals surface area contributed by atoms with Crippen LogP contribution in [0.2, 0.25) is 15.1 Å². The molecule has 1 aliphatic rings. The number of carbonyl (C=O) groups excluding carboxylic acids is 2. The van der Waals surface area contributed by atoms with Crippen LogP contribution >= 0.6 is 58.0 Å². The molecule has 0 radical (unpaired) electrons. The van der Waals surface area contributed by atoms with Crippen molar-refractivity contribution in [2.45, 2.75) is 10.3 Å². The Labute approximate surface area is 215 Å². The Bertz CT molecular complexity index is 1240. The molecule has 4 rings (SSSR count). The predicted molar refractivity (Wildman–Crippen MR) is 136 cm³/mol. The van der Waals surface area contributed by atoms with Crippen LogP contribution in [0.4, 0.5) is 17.1 Å². The lowest BCUT2D eigenvalue weighted by atomic mass is 10.1. The van der Waals surface area contributed by atoms with E-state index in [1.807, 2.05) is 0 Å². The number of amides is 2.